The molecule has 0 aromatic heterocycles. The number of ether oxygens (including phenoxy) is 1. The van der Waals surface area contributed by atoms with Gasteiger partial charge in [0.05, 0.1) is 18.9 Å². The number of halogens is 2. The molecule has 0 aliphatic carbocycles. The Kier molecular flexibility index (Phi) is 7.18. The van der Waals surface area contributed by atoms with Crippen molar-refractivity contribution in [3.63, 3.8) is 0 Å². The van der Waals surface area contributed by atoms with E-state index in [-0.39, 0.29) is 5.82 Å². The van der Waals surface area contributed by atoms with Gasteiger partial charge >= 0.3 is 0 Å². The second-order valence-corrected chi connectivity index (χ2v) is 8.32. The summed E-state index contributed by atoms with van der Waals surface area (Å²) in [5, 5.41) is 3.43. The van der Waals surface area contributed by atoms with Crippen LogP contribution in [0.4, 0.5) is 20.2 Å². The molecule has 2 aliphatic rings. The van der Waals surface area contributed by atoms with Crippen molar-refractivity contribution >= 4 is 11.4 Å². The standard InChI is InChI=1S/C24H31F2N3O/c25-16-19-1-3-21(4-2-19)18-28-9-7-20(8-10-28)17-27-22-5-6-24(23(26)15-22)29-11-13-30-14-12-29/h1-6,15,20,27H,7-14,16-18H2. The van der Waals surface area contributed by atoms with Gasteiger partial charge in [0.1, 0.15) is 12.5 Å². The molecule has 2 saturated heterocycles. The highest BCUT2D eigenvalue weighted by Crippen LogP contribution is 2.25. The summed E-state index contributed by atoms with van der Waals surface area (Å²) in [4.78, 5) is 4.50. The molecule has 162 valence electrons. The van der Waals surface area contributed by atoms with Crippen LogP contribution in [0, 0.1) is 11.7 Å². The van der Waals surface area contributed by atoms with Gasteiger partial charge in [-0.05, 0) is 61.2 Å². The average Bonchev–Trinajstić information content (AvgIpc) is 2.80. The van der Waals surface area contributed by atoms with Crippen LogP contribution >= 0.6 is 0 Å². The van der Waals surface area contributed by atoms with Gasteiger partial charge in [0, 0.05) is 31.9 Å². The van der Waals surface area contributed by atoms with Crippen molar-refractivity contribution in [3.8, 4) is 0 Å². The van der Waals surface area contributed by atoms with Gasteiger partial charge in [0.2, 0.25) is 0 Å². The quantitative estimate of drug-likeness (QED) is 0.723. The van der Waals surface area contributed by atoms with Gasteiger partial charge in [-0.3, -0.25) is 4.90 Å². The van der Waals surface area contributed by atoms with E-state index < -0.39 is 6.67 Å². The number of hydrogen-bond donors (Lipinski definition) is 1. The van der Waals surface area contributed by atoms with Crippen LogP contribution in [0.2, 0.25) is 0 Å². The Morgan fingerprint density at radius 1 is 0.933 bits per heavy atom. The predicted octanol–water partition coefficient (Wildman–Crippen LogP) is 4.46. The molecule has 0 bridgehead atoms. The molecule has 2 aliphatic heterocycles. The van der Waals surface area contributed by atoms with Crippen LogP contribution in [0.25, 0.3) is 0 Å². The maximum absolute atomic E-state index is 14.6. The van der Waals surface area contributed by atoms with E-state index in [0.717, 1.165) is 63.4 Å². The van der Waals surface area contributed by atoms with Crippen LogP contribution in [-0.2, 0) is 18.0 Å². The summed E-state index contributed by atoms with van der Waals surface area (Å²) in [6.45, 7) is 6.28. The fraction of sp³-hybridized carbons (Fsp3) is 0.500. The first-order valence-electron chi connectivity index (χ1n) is 10.9. The summed E-state index contributed by atoms with van der Waals surface area (Å²) >= 11 is 0. The molecule has 2 aromatic carbocycles. The lowest BCUT2D eigenvalue weighted by Gasteiger charge is -2.32. The number of piperidine rings is 1. The Morgan fingerprint density at radius 3 is 2.30 bits per heavy atom. The molecule has 2 heterocycles. The summed E-state index contributed by atoms with van der Waals surface area (Å²) in [5.41, 5.74) is 3.48. The average molecular weight is 416 g/mol. The Morgan fingerprint density at radius 2 is 1.63 bits per heavy atom. The van der Waals surface area contributed by atoms with E-state index in [1.165, 1.54) is 5.56 Å². The molecule has 0 atom stereocenters. The lowest BCUT2D eigenvalue weighted by molar-refractivity contribution is 0.122. The highest BCUT2D eigenvalue weighted by atomic mass is 19.1. The summed E-state index contributed by atoms with van der Waals surface area (Å²) < 4.78 is 32.5. The predicted molar refractivity (Wildman–Crippen MR) is 117 cm³/mol. The number of anilines is 2. The van der Waals surface area contributed by atoms with Gasteiger partial charge in [-0.2, -0.15) is 0 Å². The second-order valence-electron chi connectivity index (χ2n) is 8.32. The minimum absolute atomic E-state index is 0.171. The zero-order valence-electron chi connectivity index (χ0n) is 17.5. The summed E-state index contributed by atoms with van der Waals surface area (Å²) in [6, 6.07) is 13.3. The van der Waals surface area contributed by atoms with Gasteiger partial charge in [0.15, 0.2) is 0 Å². The lowest BCUT2D eigenvalue weighted by atomic mass is 9.96. The monoisotopic (exact) mass is 415 g/mol. The molecule has 2 fully saturated rings. The first-order chi connectivity index (χ1) is 14.7. The molecule has 6 heteroatoms. The summed E-state index contributed by atoms with van der Waals surface area (Å²) in [6.07, 6.45) is 2.26. The summed E-state index contributed by atoms with van der Waals surface area (Å²) in [7, 11) is 0. The fourth-order valence-corrected chi connectivity index (χ4v) is 4.28. The van der Waals surface area contributed by atoms with E-state index in [1.807, 2.05) is 41.3 Å². The fourth-order valence-electron chi connectivity index (χ4n) is 4.28. The van der Waals surface area contributed by atoms with E-state index in [9.17, 15) is 8.78 Å². The molecule has 0 radical (unpaired) electrons. The largest absolute Gasteiger partial charge is 0.385 e. The zero-order chi connectivity index (χ0) is 20.8. The molecule has 30 heavy (non-hydrogen) atoms. The van der Waals surface area contributed by atoms with E-state index in [4.69, 9.17) is 4.74 Å². The number of hydrogen-bond acceptors (Lipinski definition) is 4. The first-order valence-corrected chi connectivity index (χ1v) is 10.9. The van der Waals surface area contributed by atoms with Crippen molar-refractivity contribution in [1.82, 2.24) is 4.90 Å². The van der Waals surface area contributed by atoms with Crippen LogP contribution in [0.3, 0.4) is 0 Å². The Balaban J connectivity index is 1.22. The van der Waals surface area contributed by atoms with Crippen molar-refractivity contribution in [1.29, 1.82) is 0 Å². The third-order valence-electron chi connectivity index (χ3n) is 6.18. The zero-order valence-corrected chi connectivity index (χ0v) is 17.5. The molecular formula is C24H31F2N3O. The van der Waals surface area contributed by atoms with Crippen LogP contribution in [0.15, 0.2) is 42.5 Å². The smallest absolute Gasteiger partial charge is 0.148 e. The molecule has 1 N–H and O–H groups in total. The molecule has 0 unspecified atom stereocenters. The van der Waals surface area contributed by atoms with Crippen molar-refractivity contribution in [2.24, 2.45) is 5.92 Å². The van der Waals surface area contributed by atoms with Gasteiger partial charge in [-0.15, -0.1) is 0 Å². The van der Waals surface area contributed by atoms with Crippen LogP contribution < -0.4 is 10.2 Å². The second kappa shape index (κ2) is 10.2. The number of alkyl halides is 1. The topological polar surface area (TPSA) is 27.7 Å². The third kappa shape index (κ3) is 5.49. The minimum atomic E-state index is -0.404. The van der Waals surface area contributed by atoms with E-state index >= 15 is 0 Å². The molecule has 0 saturated carbocycles. The van der Waals surface area contributed by atoms with Gasteiger partial charge in [-0.25, -0.2) is 8.78 Å². The first kappa shape index (κ1) is 21.1. The van der Waals surface area contributed by atoms with Crippen molar-refractivity contribution < 1.29 is 13.5 Å². The van der Waals surface area contributed by atoms with Crippen LogP contribution in [0.5, 0.6) is 0 Å². The molecule has 4 nitrogen and oxygen atoms in total. The van der Waals surface area contributed by atoms with Crippen molar-refractivity contribution in [2.75, 3.05) is 56.2 Å². The molecule has 2 aromatic rings. The highest BCUT2D eigenvalue weighted by Gasteiger charge is 2.20. The molecule has 0 spiro atoms. The SMILES string of the molecule is FCc1ccc(CN2CCC(CNc3ccc(N4CCOCC4)c(F)c3)CC2)cc1. The Bertz CT molecular complexity index is 801. The number of morpholine rings is 1. The maximum atomic E-state index is 14.6. The lowest BCUT2D eigenvalue weighted by Crippen LogP contribution is -2.36. The number of rotatable bonds is 7. The third-order valence-corrected chi connectivity index (χ3v) is 6.18. The van der Waals surface area contributed by atoms with Gasteiger partial charge in [-0.1, -0.05) is 24.3 Å². The number of likely N-dealkylation sites (tertiary alicyclic amines) is 1. The van der Waals surface area contributed by atoms with Gasteiger partial charge in [0.25, 0.3) is 0 Å². The van der Waals surface area contributed by atoms with Crippen LogP contribution in [-0.4, -0.2) is 50.8 Å². The number of nitrogens with zero attached hydrogens (tertiary/aromatic N) is 2. The van der Waals surface area contributed by atoms with E-state index in [0.29, 0.717) is 24.8 Å². The molecule has 4 rings (SSSR count). The molecular weight excluding hydrogens is 384 g/mol. The van der Waals surface area contributed by atoms with Crippen molar-refractivity contribution in [3.05, 3.63) is 59.4 Å². The molecule has 0 amide bonds. The van der Waals surface area contributed by atoms with Crippen molar-refractivity contribution in [2.45, 2.75) is 26.1 Å². The maximum Gasteiger partial charge on any atom is 0.148 e. The van der Waals surface area contributed by atoms with Gasteiger partial charge < -0.3 is 15.0 Å². The Hall–Kier alpha value is -2.18. The Labute approximate surface area is 177 Å². The van der Waals surface area contributed by atoms with E-state index in [1.54, 1.807) is 6.07 Å². The van der Waals surface area contributed by atoms with Crippen LogP contribution in [0.1, 0.15) is 24.0 Å². The summed E-state index contributed by atoms with van der Waals surface area (Å²) in [5.74, 6) is 0.424. The minimum Gasteiger partial charge on any atom is -0.385 e. The number of nitrogens with one attached hydrogen (secondary N) is 1. The van der Waals surface area contributed by atoms with E-state index in [2.05, 4.69) is 10.2 Å². The normalized spacial score (nSPS) is 18.5. The highest BCUT2D eigenvalue weighted by molar-refractivity contribution is 5.56. The number of benzene rings is 2.